The van der Waals surface area contributed by atoms with E-state index in [0.29, 0.717) is 38.5 Å². The lowest BCUT2D eigenvalue weighted by Gasteiger charge is -2.43. The van der Waals surface area contributed by atoms with Crippen LogP contribution in [-0.2, 0) is 15.1 Å². The van der Waals surface area contributed by atoms with Crippen molar-refractivity contribution in [3.63, 3.8) is 0 Å². The Morgan fingerprint density at radius 3 is 2.79 bits per heavy atom. The number of amides is 2. The number of aliphatic hydroxyl groups excluding tert-OH is 1. The van der Waals surface area contributed by atoms with E-state index in [9.17, 15) is 15.0 Å². The number of hydrogen-bond donors (Lipinski definition) is 4. The minimum atomic E-state index is -1.69. The van der Waals surface area contributed by atoms with Crippen LogP contribution in [0.15, 0.2) is 18.2 Å². The highest BCUT2D eigenvalue weighted by molar-refractivity contribution is 6.30. The Morgan fingerprint density at radius 2 is 2.08 bits per heavy atom. The maximum atomic E-state index is 15.1. The average Bonchev–Trinajstić information content (AvgIpc) is 2.93. The lowest BCUT2D eigenvalue weighted by Crippen LogP contribution is -2.59. The maximum Gasteiger partial charge on any atom is 0.317 e. The topological polar surface area (TPSA) is 103 Å². The van der Waals surface area contributed by atoms with Gasteiger partial charge in [-0.05, 0) is 44.7 Å². The number of carbonyl (C=O) groups excluding carboxylic acids is 1. The van der Waals surface area contributed by atoms with Crippen molar-refractivity contribution < 1.29 is 28.9 Å². The quantitative estimate of drug-likeness (QED) is 0.275. The molecule has 8 nitrogen and oxygen atoms in total. The van der Waals surface area contributed by atoms with E-state index >= 15 is 4.39 Å². The molecule has 0 bridgehead atoms. The number of unbranched alkanes of at least 4 members (excludes halogenated alkanes) is 1. The fraction of sp³-hybridized carbons (Fsp3) is 0.750. The van der Waals surface area contributed by atoms with E-state index in [0.717, 1.165) is 19.3 Å². The van der Waals surface area contributed by atoms with Gasteiger partial charge in [-0.2, -0.15) is 0 Å². The normalized spacial score (nSPS) is 22.1. The third kappa shape index (κ3) is 8.26. The lowest BCUT2D eigenvalue weighted by molar-refractivity contribution is -0.147. The van der Waals surface area contributed by atoms with Gasteiger partial charge < -0.3 is 35.2 Å². The summed E-state index contributed by atoms with van der Waals surface area (Å²) >= 11 is 6.06. The Balaban J connectivity index is 1.75. The summed E-state index contributed by atoms with van der Waals surface area (Å²) in [6.07, 6.45) is 6.45. The Bertz CT molecular complexity index is 875. The summed E-state index contributed by atoms with van der Waals surface area (Å²) in [6, 6.07) is 3.86. The number of ether oxygens (including phenoxy) is 2. The van der Waals surface area contributed by atoms with Crippen molar-refractivity contribution in [2.45, 2.75) is 81.6 Å². The molecule has 0 unspecified atom stereocenters. The zero-order chi connectivity index (χ0) is 27.5. The van der Waals surface area contributed by atoms with Gasteiger partial charge in [0, 0.05) is 32.4 Å². The third-order valence-corrected chi connectivity index (χ3v) is 8.25. The summed E-state index contributed by atoms with van der Waals surface area (Å²) in [5.41, 5.74) is -1.62. The highest BCUT2D eigenvalue weighted by Crippen LogP contribution is 2.38. The number of rotatable bonds is 13. The number of nitrogens with zero attached hydrogens (tertiary/aromatic N) is 1. The van der Waals surface area contributed by atoms with Crippen LogP contribution >= 0.6 is 11.6 Å². The molecule has 1 aliphatic heterocycles. The molecule has 10 heteroatoms. The predicted molar refractivity (Wildman–Crippen MR) is 146 cm³/mol. The number of nitrogens with one attached hydrogen (secondary N) is 2. The zero-order valence-corrected chi connectivity index (χ0v) is 23.5. The number of likely N-dealkylation sites (N-methyl/N-ethyl adjacent to an activating group) is 1. The van der Waals surface area contributed by atoms with Crippen LogP contribution in [0.1, 0.15) is 63.4 Å². The van der Waals surface area contributed by atoms with Crippen molar-refractivity contribution in [2.75, 3.05) is 47.0 Å². The molecule has 1 aliphatic carbocycles. The van der Waals surface area contributed by atoms with E-state index in [4.69, 9.17) is 21.1 Å². The van der Waals surface area contributed by atoms with Crippen LogP contribution in [-0.4, -0.2) is 86.4 Å². The summed E-state index contributed by atoms with van der Waals surface area (Å²) in [5, 5.41) is 28.7. The van der Waals surface area contributed by atoms with Crippen molar-refractivity contribution in [2.24, 2.45) is 5.92 Å². The molecule has 0 aromatic heterocycles. The molecule has 216 valence electrons. The molecule has 3 rings (SSSR count). The Hall–Kier alpha value is -1.49. The first kappa shape index (κ1) is 31.0. The number of methoxy groups -OCH3 is 1. The van der Waals surface area contributed by atoms with E-state index in [-0.39, 0.29) is 36.2 Å². The van der Waals surface area contributed by atoms with Gasteiger partial charge in [-0.15, -0.1) is 0 Å². The fourth-order valence-electron chi connectivity index (χ4n) is 5.77. The van der Waals surface area contributed by atoms with E-state index in [2.05, 4.69) is 10.6 Å². The Morgan fingerprint density at radius 1 is 1.32 bits per heavy atom. The number of aliphatic hydroxyl groups is 2. The monoisotopic (exact) mass is 557 g/mol. The first-order chi connectivity index (χ1) is 18.3. The molecule has 1 saturated heterocycles. The smallest absolute Gasteiger partial charge is 0.317 e. The van der Waals surface area contributed by atoms with E-state index in [1.165, 1.54) is 31.4 Å². The van der Waals surface area contributed by atoms with Gasteiger partial charge in [0.1, 0.15) is 17.5 Å². The molecule has 0 radical (unpaired) electrons. The van der Waals surface area contributed by atoms with Crippen LogP contribution in [0.2, 0.25) is 5.02 Å². The van der Waals surface area contributed by atoms with Gasteiger partial charge in [-0.1, -0.05) is 55.8 Å². The van der Waals surface area contributed by atoms with Gasteiger partial charge in [0.15, 0.2) is 0 Å². The number of halogens is 2. The van der Waals surface area contributed by atoms with Crippen LogP contribution in [0.5, 0.6) is 0 Å². The number of urea groups is 1. The van der Waals surface area contributed by atoms with Crippen molar-refractivity contribution in [1.29, 1.82) is 0 Å². The highest BCUT2D eigenvalue weighted by Gasteiger charge is 2.44. The molecule has 4 atom stereocenters. The van der Waals surface area contributed by atoms with E-state index in [1.54, 1.807) is 25.1 Å². The molecule has 2 aliphatic rings. The van der Waals surface area contributed by atoms with E-state index < -0.39 is 29.7 Å². The lowest BCUT2D eigenvalue weighted by atomic mass is 9.82. The second kappa shape index (κ2) is 15.3. The van der Waals surface area contributed by atoms with Crippen molar-refractivity contribution in [3.8, 4) is 0 Å². The van der Waals surface area contributed by atoms with Gasteiger partial charge in [-0.3, -0.25) is 0 Å². The minimum absolute atomic E-state index is 0.0642. The second-order valence-corrected chi connectivity index (χ2v) is 11.1. The van der Waals surface area contributed by atoms with Gasteiger partial charge in [0.25, 0.3) is 0 Å². The molecule has 4 N–H and O–H groups in total. The molecular formula is C28H45ClFN3O5. The standard InChI is InChI=1S/C28H45ClFN3O5/c1-31-18-24(34)23(17-20-9-4-3-5-10-20)32-27(35)33-14-16-38-25(19-33)28(36,13-6-7-15-37-2)21-11-8-12-22(29)26(21)30/h8,11-12,20,23-25,31,34,36H,3-7,9-10,13-19H2,1-2H3,(H,32,35)/t23-,24-,25+,28-/m0/s1. The van der Waals surface area contributed by atoms with Crippen molar-refractivity contribution >= 4 is 17.6 Å². The molecule has 38 heavy (non-hydrogen) atoms. The van der Waals surface area contributed by atoms with Crippen LogP contribution in [0.4, 0.5) is 9.18 Å². The highest BCUT2D eigenvalue weighted by atomic mass is 35.5. The first-order valence-corrected chi connectivity index (χ1v) is 14.3. The van der Waals surface area contributed by atoms with Crippen molar-refractivity contribution in [1.82, 2.24) is 15.5 Å². The van der Waals surface area contributed by atoms with Crippen LogP contribution in [0.25, 0.3) is 0 Å². The molecule has 1 saturated carbocycles. The third-order valence-electron chi connectivity index (χ3n) is 7.96. The number of hydrogen-bond acceptors (Lipinski definition) is 6. The Kier molecular flexibility index (Phi) is 12.5. The summed E-state index contributed by atoms with van der Waals surface area (Å²) in [7, 11) is 3.39. The largest absolute Gasteiger partial charge is 0.390 e. The number of morpholine rings is 1. The molecule has 2 fully saturated rings. The molecule has 1 aromatic rings. The number of benzene rings is 1. The van der Waals surface area contributed by atoms with Gasteiger partial charge in [0.2, 0.25) is 0 Å². The number of carbonyl (C=O) groups is 1. The molecule has 2 amide bonds. The zero-order valence-electron chi connectivity index (χ0n) is 22.8. The second-order valence-electron chi connectivity index (χ2n) is 10.7. The molecular weight excluding hydrogens is 513 g/mol. The van der Waals surface area contributed by atoms with E-state index in [1.807, 2.05) is 0 Å². The summed E-state index contributed by atoms with van der Waals surface area (Å²) in [5.74, 6) is -0.211. The fourth-order valence-corrected chi connectivity index (χ4v) is 5.94. The minimum Gasteiger partial charge on any atom is -0.390 e. The molecule has 1 heterocycles. The Labute approximate surface area is 231 Å². The average molecular weight is 558 g/mol. The van der Waals surface area contributed by atoms with Crippen LogP contribution in [0, 0.1) is 11.7 Å². The summed E-state index contributed by atoms with van der Waals surface area (Å²) in [6.45, 7) is 1.51. The van der Waals surface area contributed by atoms with Crippen LogP contribution in [0.3, 0.4) is 0 Å². The van der Waals surface area contributed by atoms with Crippen LogP contribution < -0.4 is 10.6 Å². The summed E-state index contributed by atoms with van der Waals surface area (Å²) in [4.78, 5) is 15.0. The van der Waals surface area contributed by atoms with Crippen molar-refractivity contribution in [3.05, 3.63) is 34.6 Å². The SMILES string of the molecule is CNC[C@H](O)[C@H](CC1CCCCC1)NC(=O)N1CCO[C@@H]([C@](O)(CCCCOC)c2cccc(Cl)c2F)C1. The maximum absolute atomic E-state index is 15.1. The van der Waals surface area contributed by atoms with Gasteiger partial charge in [-0.25, -0.2) is 9.18 Å². The predicted octanol–water partition coefficient (Wildman–Crippen LogP) is 3.81. The summed E-state index contributed by atoms with van der Waals surface area (Å²) < 4.78 is 26.2. The van der Waals surface area contributed by atoms with Gasteiger partial charge in [0.05, 0.1) is 30.3 Å². The molecule has 0 spiro atoms. The molecule has 1 aromatic carbocycles. The van der Waals surface area contributed by atoms with Gasteiger partial charge >= 0.3 is 6.03 Å². The first-order valence-electron chi connectivity index (χ1n) is 14.0.